The number of fused-ring (bicyclic) bond motifs is 1. The van der Waals surface area contributed by atoms with E-state index in [1.54, 1.807) is 7.11 Å². The minimum Gasteiger partial charge on any atom is -0.504 e. The van der Waals surface area contributed by atoms with Gasteiger partial charge in [-0.15, -0.1) is 0 Å². The lowest BCUT2D eigenvalue weighted by Crippen LogP contribution is -2.29. The van der Waals surface area contributed by atoms with Gasteiger partial charge in [0.05, 0.1) is 25.9 Å². The third-order valence-corrected chi connectivity index (χ3v) is 4.77. The Morgan fingerprint density at radius 3 is 2.75 bits per heavy atom. The third-order valence-electron chi connectivity index (χ3n) is 4.24. The fourth-order valence-corrected chi connectivity index (χ4v) is 3.65. The van der Waals surface area contributed by atoms with Gasteiger partial charge in [-0.25, -0.2) is 0 Å². The first-order valence-electron chi connectivity index (χ1n) is 6.82. The average Bonchev–Trinajstić information content (AvgIpc) is 2.81. The third kappa shape index (κ3) is 2.49. The molecule has 0 bridgehead atoms. The molecule has 3 nitrogen and oxygen atoms in total. The molecule has 1 aromatic rings. The molecule has 0 radical (unpaired) electrons. The van der Waals surface area contributed by atoms with E-state index in [4.69, 9.17) is 9.47 Å². The van der Waals surface area contributed by atoms with Crippen molar-refractivity contribution < 1.29 is 14.3 Å². The number of cyclic esters (lactones) is 1. The quantitative estimate of drug-likeness (QED) is 0.610. The van der Waals surface area contributed by atoms with Gasteiger partial charge >= 0.3 is 5.97 Å². The number of ether oxygens (including phenoxy) is 2. The number of benzene rings is 1. The second-order valence-electron chi connectivity index (χ2n) is 5.49. The Balaban J connectivity index is 1.94. The zero-order valence-electron chi connectivity index (χ0n) is 11.3. The number of hydrogen-bond acceptors (Lipinski definition) is 3. The van der Waals surface area contributed by atoms with E-state index in [1.807, 2.05) is 18.4 Å². The van der Waals surface area contributed by atoms with Gasteiger partial charge in [-0.3, -0.25) is 4.79 Å². The van der Waals surface area contributed by atoms with Crippen LogP contribution < -0.4 is 0 Å². The molecule has 0 aromatic heterocycles. The molecule has 2 aliphatic rings. The fraction of sp³-hybridized carbons (Fsp3) is 0.438. The number of esters is 1. The van der Waals surface area contributed by atoms with Crippen LogP contribution in [0.5, 0.6) is 0 Å². The van der Waals surface area contributed by atoms with Gasteiger partial charge in [-0.05, 0) is 36.1 Å². The Hall–Kier alpha value is -1.29. The Kier molecular flexibility index (Phi) is 3.83. The van der Waals surface area contributed by atoms with Crippen molar-refractivity contribution >= 4 is 21.9 Å². The molecule has 1 heterocycles. The lowest BCUT2D eigenvalue weighted by Gasteiger charge is -2.32. The van der Waals surface area contributed by atoms with Crippen LogP contribution in [0.4, 0.5) is 0 Å². The maximum absolute atomic E-state index is 12.0. The summed E-state index contributed by atoms with van der Waals surface area (Å²) in [6.07, 6.45) is 3.59. The summed E-state index contributed by atoms with van der Waals surface area (Å²) in [7, 11) is 1.67. The van der Waals surface area contributed by atoms with Crippen LogP contribution in [0.15, 0.2) is 40.6 Å². The van der Waals surface area contributed by atoms with Crippen LogP contribution in [-0.2, 0) is 14.3 Å². The van der Waals surface area contributed by atoms with Crippen LogP contribution in [0.1, 0.15) is 24.3 Å². The van der Waals surface area contributed by atoms with Crippen molar-refractivity contribution in [2.24, 2.45) is 11.8 Å². The molecule has 1 saturated carbocycles. The van der Waals surface area contributed by atoms with Crippen molar-refractivity contribution in [2.75, 3.05) is 13.7 Å². The summed E-state index contributed by atoms with van der Waals surface area (Å²) in [5.74, 6) is 0.425. The number of carbonyl (C=O) groups excluding carboxylic acids is 1. The number of hydrogen-bond donors (Lipinski definition) is 0. The molecular formula is C16H17BrO3. The molecule has 1 saturated heterocycles. The largest absolute Gasteiger partial charge is 0.504 e. The van der Waals surface area contributed by atoms with Gasteiger partial charge in [-0.1, -0.05) is 28.1 Å². The highest BCUT2D eigenvalue weighted by atomic mass is 79.9. The van der Waals surface area contributed by atoms with Crippen molar-refractivity contribution in [3.63, 3.8) is 0 Å². The summed E-state index contributed by atoms with van der Waals surface area (Å²) in [5.41, 5.74) is 2.46. The van der Waals surface area contributed by atoms with Crippen LogP contribution in [0.3, 0.4) is 0 Å². The number of rotatable bonds is 2. The van der Waals surface area contributed by atoms with Crippen LogP contribution >= 0.6 is 15.9 Å². The molecule has 0 N–H and O–H groups in total. The number of carbonyl (C=O) groups is 1. The maximum atomic E-state index is 12.0. The number of methoxy groups -OCH3 is 1. The summed E-state index contributed by atoms with van der Waals surface area (Å²) in [5, 5.41) is 0. The average molecular weight is 337 g/mol. The summed E-state index contributed by atoms with van der Waals surface area (Å²) in [6.45, 7) is 0.539. The van der Waals surface area contributed by atoms with E-state index in [0.717, 1.165) is 17.3 Å². The molecule has 0 unspecified atom stereocenters. The lowest BCUT2D eigenvalue weighted by atomic mass is 9.69. The molecule has 106 valence electrons. The van der Waals surface area contributed by atoms with E-state index in [2.05, 4.69) is 28.1 Å². The van der Waals surface area contributed by atoms with E-state index in [0.29, 0.717) is 6.61 Å². The summed E-state index contributed by atoms with van der Waals surface area (Å²) < 4.78 is 11.5. The zero-order valence-corrected chi connectivity index (χ0v) is 12.9. The van der Waals surface area contributed by atoms with Gasteiger partial charge in [0.25, 0.3) is 0 Å². The van der Waals surface area contributed by atoms with E-state index in [-0.39, 0.29) is 23.7 Å². The summed E-state index contributed by atoms with van der Waals surface area (Å²) in [6, 6.07) is 8.23. The van der Waals surface area contributed by atoms with Gasteiger partial charge in [0.2, 0.25) is 0 Å². The molecule has 3 atom stereocenters. The molecule has 0 amide bonds. The van der Waals surface area contributed by atoms with Crippen molar-refractivity contribution in [3.8, 4) is 0 Å². The van der Waals surface area contributed by atoms with Crippen molar-refractivity contribution in [3.05, 3.63) is 46.1 Å². The highest BCUT2D eigenvalue weighted by Gasteiger charge is 2.46. The lowest BCUT2D eigenvalue weighted by molar-refractivity contribution is -0.141. The summed E-state index contributed by atoms with van der Waals surface area (Å²) >= 11 is 3.45. The zero-order chi connectivity index (χ0) is 14.1. The fourth-order valence-electron chi connectivity index (χ4n) is 3.39. The van der Waals surface area contributed by atoms with Crippen LogP contribution in [0.25, 0.3) is 0 Å². The number of allylic oxidation sites excluding steroid dienone is 1. The van der Waals surface area contributed by atoms with E-state index >= 15 is 0 Å². The smallest absolute Gasteiger partial charge is 0.310 e. The molecule has 2 fully saturated rings. The van der Waals surface area contributed by atoms with Gasteiger partial charge in [0.15, 0.2) is 0 Å². The molecule has 0 spiro atoms. The molecule has 1 aromatic carbocycles. The van der Waals surface area contributed by atoms with Gasteiger partial charge in [0.1, 0.15) is 0 Å². The molecule has 1 aliphatic carbocycles. The number of halogens is 1. The normalized spacial score (nSPS) is 31.0. The minimum atomic E-state index is -0.0422. The monoisotopic (exact) mass is 336 g/mol. The predicted molar refractivity (Wildman–Crippen MR) is 79.1 cm³/mol. The first-order valence-corrected chi connectivity index (χ1v) is 7.61. The van der Waals surface area contributed by atoms with Gasteiger partial charge in [0, 0.05) is 16.3 Å². The van der Waals surface area contributed by atoms with Crippen molar-refractivity contribution in [2.45, 2.75) is 18.8 Å². The Morgan fingerprint density at radius 2 is 2.05 bits per heavy atom. The molecular weight excluding hydrogens is 320 g/mol. The second-order valence-corrected chi connectivity index (χ2v) is 6.41. The van der Waals surface area contributed by atoms with Gasteiger partial charge < -0.3 is 9.47 Å². The standard InChI is InChI=1S/C16H17BrO3/c1-19-8-10-6-12-9-20-16(18)15(12)14(7-10)11-2-4-13(17)5-3-11/h2-5,8,12,14-15H,6-7,9H2,1H3/t12-,14+,15+/m0/s1. The Labute approximate surface area is 127 Å². The Bertz CT molecular complexity index is 535. The van der Waals surface area contributed by atoms with E-state index < -0.39 is 0 Å². The van der Waals surface area contributed by atoms with Crippen LogP contribution in [0.2, 0.25) is 0 Å². The van der Waals surface area contributed by atoms with Crippen molar-refractivity contribution in [1.82, 2.24) is 0 Å². The summed E-state index contributed by atoms with van der Waals surface area (Å²) in [4.78, 5) is 12.0. The van der Waals surface area contributed by atoms with E-state index in [1.165, 1.54) is 11.1 Å². The van der Waals surface area contributed by atoms with Crippen molar-refractivity contribution in [1.29, 1.82) is 0 Å². The van der Waals surface area contributed by atoms with Gasteiger partial charge in [-0.2, -0.15) is 0 Å². The maximum Gasteiger partial charge on any atom is 0.310 e. The first-order chi connectivity index (χ1) is 9.69. The highest BCUT2D eigenvalue weighted by Crippen LogP contribution is 2.47. The van der Waals surface area contributed by atoms with E-state index in [9.17, 15) is 4.79 Å². The minimum absolute atomic E-state index is 0.00909. The van der Waals surface area contributed by atoms with Crippen LogP contribution in [-0.4, -0.2) is 19.7 Å². The van der Waals surface area contributed by atoms with Crippen LogP contribution in [0, 0.1) is 11.8 Å². The second kappa shape index (κ2) is 5.60. The Morgan fingerprint density at radius 1 is 1.30 bits per heavy atom. The topological polar surface area (TPSA) is 35.5 Å². The molecule has 4 heteroatoms. The predicted octanol–water partition coefficient (Wildman–Crippen LogP) is 3.65. The SMILES string of the molecule is COC=C1C[C@H]2COC(=O)[C@H]2[C@@H](c2ccc(Br)cc2)C1. The molecule has 20 heavy (non-hydrogen) atoms. The highest BCUT2D eigenvalue weighted by molar-refractivity contribution is 9.10. The first kappa shape index (κ1) is 13.7. The molecule has 1 aliphatic heterocycles. The molecule has 3 rings (SSSR count).